The molecule has 1 aliphatic heterocycles. The van der Waals surface area contributed by atoms with Crippen LogP contribution < -0.4 is 4.90 Å². The molecule has 3 aromatic rings. The highest BCUT2D eigenvalue weighted by Gasteiger charge is 2.33. The first kappa shape index (κ1) is 17.7. The van der Waals surface area contributed by atoms with Gasteiger partial charge in [-0.1, -0.05) is 12.1 Å². The van der Waals surface area contributed by atoms with Gasteiger partial charge in [0.2, 0.25) is 5.65 Å². The van der Waals surface area contributed by atoms with Crippen LogP contribution in [0.5, 0.6) is 0 Å². The van der Waals surface area contributed by atoms with Gasteiger partial charge in [-0.15, -0.1) is 10.2 Å². The number of hydrogen-bond donors (Lipinski definition) is 0. The van der Waals surface area contributed by atoms with Crippen molar-refractivity contribution in [2.45, 2.75) is 25.7 Å². The predicted octanol–water partition coefficient (Wildman–Crippen LogP) is 2.77. The van der Waals surface area contributed by atoms with Crippen molar-refractivity contribution in [3.8, 4) is 0 Å². The molecule has 0 bridgehead atoms. The van der Waals surface area contributed by atoms with E-state index in [1.165, 1.54) is 12.1 Å². The summed E-state index contributed by atoms with van der Waals surface area (Å²) >= 11 is 0. The van der Waals surface area contributed by atoms with Crippen molar-refractivity contribution in [2.24, 2.45) is 0 Å². The topological polar surface area (TPSA) is 49.6 Å². The molecule has 1 aliphatic rings. The summed E-state index contributed by atoms with van der Waals surface area (Å²) in [6.07, 6.45) is -0.729. The molecule has 1 saturated heterocycles. The SMILES string of the molecule is Cc1nnc2c(N3CC(N(C)Cc4ccc(C(F)(F)F)cc4)C3)nccn12. The van der Waals surface area contributed by atoms with Crippen LogP contribution in [0.1, 0.15) is 17.0 Å². The number of likely N-dealkylation sites (N-methyl/N-ethyl adjacent to an activating group) is 1. The summed E-state index contributed by atoms with van der Waals surface area (Å²) in [6.45, 7) is 4.06. The summed E-state index contributed by atoms with van der Waals surface area (Å²) in [4.78, 5) is 8.71. The quantitative estimate of drug-likeness (QED) is 0.701. The van der Waals surface area contributed by atoms with Gasteiger partial charge in [-0.2, -0.15) is 13.2 Å². The molecule has 2 aromatic heterocycles. The van der Waals surface area contributed by atoms with Gasteiger partial charge in [-0.25, -0.2) is 4.98 Å². The Balaban J connectivity index is 1.39. The van der Waals surface area contributed by atoms with E-state index < -0.39 is 11.7 Å². The number of fused-ring (bicyclic) bond motifs is 1. The maximum atomic E-state index is 12.7. The lowest BCUT2D eigenvalue weighted by Gasteiger charge is -2.44. The van der Waals surface area contributed by atoms with Crippen LogP contribution in [0, 0.1) is 6.92 Å². The average molecular weight is 376 g/mol. The Labute approximate surface area is 154 Å². The third-order valence-electron chi connectivity index (χ3n) is 4.98. The number of alkyl halides is 3. The Bertz CT molecular complexity index is 944. The second kappa shape index (κ2) is 6.49. The zero-order chi connectivity index (χ0) is 19.2. The van der Waals surface area contributed by atoms with Crippen LogP contribution >= 0.6 is 0 Å². The Morgan fingerprint density at radius 3 is 2.52 bits per heavy atom. The zero-order valence-corrected chi connectivity index (χ0v) is 15.0. The van der Waals surface area contributed by atoms with E-state index in [0.29, 0.717) is 12.6 Å². The van der Waals surface area contributed by atoms with Crippen LogP contribution in [-0.2, 0) is 12.7 Å². The lowest BCUT2D eigenvalue weighted by molar-refractivity contribution is -0.137. The minimum Gasteiger partial charge on any atom is -0.350 e. The monoisotopic (exact) mass is 376 g/mol. The molecule has 1 aromatic carbocycles. The minimum absolute atomic E-state index is 0.304. The molecule has 27 heavy (non-hydrogen) atoms. The lowest BCUT2D eigenvalue weighted by Crippen LogP contribution is -2.58. The second-order valence-corrected chi connectivity index (χ2v) is 6.86. The molecular formula is C18H19F3N6. The third-order valence-corrected chi connectivity index (χ3v) is 4.98. The smallest absolute Gasteiger partial charge is 0.350 e. The number of aryl methyl sites for hydroxylation is 1. The first-order valence-corrected chi connectivity index (χ1v) is 8.60. The van der Waals surface area contributed by atoms with Crippen LogP contribution in [0.2, 0.25) is 0 Å². The van der Waals surface area contributed by atoms with Gasteiger partial charge in [-0.05, 0) is 31.7 Å². The molecule has 0 atom stereocenters. The molecule has 0 spiro atoms. The molecule has 0 aliphatic carbocycles. The Morgan fingerprint density at radius 1 is 1.15 bits per heavy atom. The normalized spacial score (nSPS) is 15.6. The number of benzene rings is 1. The summed E-state index contributed by atoms with van der Waals surface area (Å²) in [5.41, 5.74) is 0.975. The highest BCUT2D eigenvalue weighted by Crippen LogP contribution is 2.30. The van der Waals surface area contributed by atoms with Gasteiger partial charge in [0.25, 0.3) is 0 Å². The molecule has 0 N–H and O–H groups in total. The van der Waals surface area contributed by atoms with E-state index >= 15 is 0 Å². The lowest BCUT2D eigenvalue weighted by atomic mass is 10.1. The zero-order valence-electron chi connectivity index (χ0n) is 15.0. The molecule has 4 rings (SSSR count). The van der Waals surface area contributed by atoms with E-state index in [0.717, 1.165) is 48.1 Å². The fourth-order valence-corrected chi connectivity index (χ4v) is 3.27. The van der Waals surface area contributed by atoms with Crippen molar-refractivity contribution in [2.75, 3.05) is 25.0 Å². The van der Waals surface area contributed by atoms with E-state index in [4.69, 9.17) is 0 Å². The molecule has 1 fully saturated rings. The van der Waals surface area contributed by atoms with Gasteiger partial charge in [0.1, 0.15) is 5.82 Å². The molecule has 0 unspecified atom stereocenters. The minimum atomic E-state index is -4.30. The number of aromatic nitrogens is 4. The van der Waals surface area contributed by atoms with Gasteiger partial charge in [-0.3, -0.25) is 9.30 Å². The average Bonchev–Trinajstić information content (AvgIpc) is 2.95. The largest absolute Gasteiger partial charge is 0.416 e. The maximum absolute atomic E-state index is 12.7. The summed E-state index contributed by atoms with van der Waals surface area (Å²) in [5.74, 6) is 1.61. The number of rotatable bonds is 4. The standard InChI is InChI=1S/C18H19F3N6/c1-12-23-24-17-16(22-7-8-27(12)17)26-10-15(11-26)25(2)9-13-3-5-14(6-4-13)18(19,20)21/h3-8,15H,9-11H2,1-2H3. The van der Waals surface area contributed by atoms with Crippen molar-refractivity contribution in [3.63, 3.8) is 0 Å². The van der Waals surface area contributed by atoms with Gasteiger partial charge in [0.15, 0.2) is 5.82 Å². The molecule has 0 radical (unpaired) electrons. The van der Waals surface area contributed by atoms with E-state index in [2.05, 4.69) is 25.0 Å². The van der Waals surface area contributed by atoms with Crippen LogP contribution in [0.3, 0.4) is 0 Å². The molecular weight excluding hydrogens is 357 g/mol. The van der Waals surface area contributed by atoms with E-state index in [1.807, 2.05) is 24.6 Å². The van der Waals surface area contributed by atoms with Crippen LogP contribution in [0.4, 0.5) is 19.0 Å². The Kier molecular flexibility index (Phi) is 4.26. The predicted molar refractivity (Wildman–Crippen MR) is 94.4 cm³/mol. The molecule has 0 amide bonds. The fourth-order valence-electron chi connectivity index (χ4n) is 3.27. The van der Waals surface area contributed by atoms with Crippen molar-refractivity contribution in [3.05, 3.63) is 53.6 Å². The van der Waals surface area contributed by atoms with Crippen molar-refractivity contribution in [1.82, 2.24) is 24.5 Å². The first-order valence-electron chi connectivity index (χ1n) is 8.60. The number of nitrogens with zero attached hydrogens (tertiary/aromatic N) is 6. The molecule has 9 heteroatoms. The number of halogens is 3. The van der Waals surface area contributed by atoms with Gasteiger partial charge < -0.3 is 4.90 Å². The van der Waals surface area contributed by atoms with Gasteiger partial charge >= 0.3 is 6.18 Å². The molecule has 3 heterocycles. The summed E-state index contributed by atoms with van der Waals surface area (Å²) in [7, 11) is 1.98. The van der Waals surface area contributed by atoms with Crippen molar-refractivity contribution >= 4 is 11.5 Å². The third kappa shape index (κ3) is 3.34. The van der Waals surface area contributed by atoms with Gasteiger partial charge in [0, 0.05) is 38.1 Å². The van der Waals surface area contributed by atoms with Gasteiger partial charge in [0.05, 0.1) is 5.56 Å². The summed E-state index contributed by atoms with van der Waals surface area (Å²) in [5, 5.41) is 8.28. The van der Waals surface area contributed by atoms with E-state index in [-0.39, 0.29) is 0 Å². The van der Waals surface area contributed by atoms with Crippen molar-refractivity contribution < 1.29 is 13.2 Å². The highest BCUT2D eigenvalue weighted by atomic mass is 19.4. The highest BCUT2D eigenvalue weighted by molar-refractivity contribution is 5.65. The van der Waals surface area contributed by atoms with E-state index in [9.17, 15) is 13.2 Å². The summed E-state index contributed by atoms with van der Waals surface area (Å²) in [6, 6.07) is 5.65. The Morgan fingerprint density at radius 2 is 1.85 bits per heavy atom. The summed E-state index contributed by atoms with van der Waals surface area (Å²) < 4.78 is 39.9. The van der Waals surface area contributed by atoms with Crippen LogP contribution in [0.25, 0.3) is 5.65 Å². The molecule has 6 nitrogen and oxygen atoms in total. The van der Waals surface area contributed by atoms with Crippen LogP contribution in [0.15, 0.2) is 36.7 Å². The molecule has 0 saturated carbocycles. The number of hydrogen-bond acceptors (Lipinski definition) is 5. The van der Waals surface area contributed by atoms with E-state index in [1.54, 1.807) is 6.20 Å². The Hall–Kier alpha value is -2.68. The van der Waals surface area contributed by atoms with Crippen LogP contribution in [-0.4, -0.2) is 50.7 Å². The first-order chi connectivity index (χ1) is 12.8. The maximum Gasteiger partial charge on any atom is 0.416 e. The molecule has 142 valence electrons. The number of anilines is 1. The van der Waals surface area contributed by atoms with Crippen molar-refractivity contribution in [1.29, 1.82) is 0 Å². The fraction of sp³-hybridized carbons (Fsp3) is 0.389. The second-order valence-electron chi connectivity index (χ2n) is 6.86.